The molecule has 4 aromatic heterocycles. The second-order valence-electron chi connectivity index (χ2n) is 9.04. The van der Waals surface area contributed by atoms with Crippen molar-refractivity contribution in [3.8, 4) is 10.6 Å². The van der Waals surface area contributed by atoms with Crippen molar-refractivity contribution >= 4 is 50.9 Å². The Morgan fingerprint density at radius 1 is 1.00 bits per heavy atom. The lowest BCUT2D eigenvalue weighted by Crippen LogP contribution is -2.32. The van der Waals surface area contributed by atoms with Crippen molar-refractivity contribution in [1.29, 1.82) is 0 Å². The number of fused-ring (bicyclic) bond motifs is 3. The van der Waals surface area contributed by atoms with E-state index in [0.29, 0.717) is 23.6 Å². The summed E-state index contributed by atoms with van der Waals surface area (Å²) < 4.78 is 1.88. The number of benzene rings is 1. The summed E-state index contributed by atoms with van der Waals surface area (Å²) in [7, 11) is 2.00. The van der Waals surface area contributed by atoms with Crippen LogP contribution in [-0.4, -0.2) is 50.8 Å². The summed E-state index contributed by atoms with van der Waals surface area (Å²) in [5.74, 6) is 1.20. The van der Waals surface area contributed by atoms with Crippen LogP contribution in [0.2, 0.25) is 0 Å². The number of carbonyl (C=O) groups excluding carboxylic acids is 1. The van der Waals surface area contributed by atoms with Gasteiger partial charge in [0.05, 0.1) is 38.8 Å². The van der Waals surface area contributed by atoms with E-state index in [9.17, 15) is 4.79 Å². The van der Waals surface area contributed by atoms with Crippen LogP contribution < -0.4 is 9.80 Å². The number of aromatic nitrogens is 5. The van der Waals surface area contributed by atoms with E-state index in [-0.39, 0.29) is 11.9 Å². The standard InChI is InChI=1S/C26H25N7OS/c1-16(2)33-23-18(15-27-33)17(14-21(30-23)22-10-6-13-35-22)26(34)32-12-7-11-31(3)24-25(32)29-20-9-5-4-8-19(20)28-24/h4-6,8-10,13-16H,7,11-12H2,1-3H3. The number of amides is 1. The zero-order valence-corrected chi connectivity index (χ0v) is 20.7. The van der Waals surface area contributed by atoms with Gasteiger partial charge in [0.1, 0.15) is 0 Å². The first-order valence-electron chi connectivity index (χ1n) is 11.7. The number of nitrogens with zero attached hydrogens (tertiary/aromatic N) is 7. The van der Waals surface area contributed by atoms with E-state index in [4.69, 9.17) is 15.0 Å². The van der Waals surface area contributed by atoms with Crippen molar-refractivity contribution in [2.45, 2.75) is 26.3 Å². The van der Waals surface area contributed by atoms with Crippen molar-refractivity contribution in [1.82, 2.24) is 24.7 Å². The molecule has 0 atom stereocenters. The quantitative estimate of drug-likeness (QED) is 0.352. The Kier molecular flexibility index (Phi) is 5.21. The monoisotopic (exact) mass is 483 g/mol. The number of rotatable bonds is 3. The van der Waals surface area contributed by atoms with Crippen molar-refractivity contribution in [2.75, 3.05) is 29.9 Å². The Morgan fingerprint density at radius 2 is 1.77 bits per heavy atom. The lowest BCUT2D eigenvalue weighted by molar-refractivity contribution is 0.0988. The summed E-state index contributed by atoms with van der Waals surface area (Å²) in [5.41, 5.74) is 3.65. The fraction of sp³-hybridized carbons (Fsp3) is 0.269. The molecule has 0 unspecified atom stereocenters. The average Bonchev–Trinajstić information content (AvgIpc) is 3.52. The molecule has 1 aliphatic heterocycles. The second-order valence-corrected chi connectivity index (χ2v) is 9.99. The number of carbonyl (C=O) groups is 1. The first-order chi connectivity index (χ1) is 17.0. The van der Waals surface area contributed by atoms with Crippen molar-refractivity contribution in [3.63, 3.8) is 0 Å². The van der Waals surface area contributed by atoms with Crippen molar-refractivity contribution < 1.29 is 4.79 Å². The van der Waals surface area contributed by atoms with Crippen molar-refractivity contribution in [3.05, 3.63) is 59.6 Å². The van der Waals surface area contributed by atoms with Crippen LogP contribution in [0, 0.1) is 0 Å². The molecule has 9 heteroatoms. The number of para-hydroxylation sites is 2. The summed E-state index contributed by atoms with van der Waals surface area (Å²) in [6.45, 7) is 5.48. The van der Waals surface area contributed by atoms with Gasteiger partial charge in [-0.3, -0.25) is 9.69 Å². The topological polar surface area (TPSA) is 80.0 Å². The highest BCUT2D eigenvalue weighted by Gasteiger charge is 2.30. The Hall–Kier alpha value is -3.85. The smallest absolute Gasteiger partial charge is 0.260 e. The molecule has 0 fully saturated rings. The van der Waals surface area contributed by atoms with Gasteiger partial charge in [-0.15, -0.1) is 11.3 Å². The highest BCUT2D eigenvalue weighted by molar-refractivity contribution is 7.13. The van der Waals surface area contributed by atoms with Gasteiger partial charge in [0.15, 0.2) is 17.3 Å². The van der Waals surface area contributed by atoms with Crippen LogP contribution in [0.25, 0.3) is 32.6 Å². The molecule has 6 rings (SSSR count). The van der Waals surface area contributed by atoms with Gasteiger partial charge in [0.2, 0.25) is 0 Å². The molecule has 1 aromatic carbocycles. The number of anilines is 2. The molecule has 8 nitrogen and oxygen atoms in total. The Balaban J connectivity index is 1.55. The third kappa shape index (κ3) is 3.63. The minimum atomic E-state index is -0.111. The van der Waals surface area contributed by atoms with Crippen molar-refractivity contribution in [2.24, 2.45) is 0 Å². The zero-order valence-electron chi connectivity index (χ0n) is 19.8. The zero-order chi connectivity index (χ0) is 24.1. The predicted molar refractivity (Wildman–Crippen MR) is 140 cm³/mol. The van der Waals surface area contributed by atoms with Crippen LogP contribution in [0.3, 0.4) is 0 Å². The van der Waals surface area contributed by atoms with E-state index in [1.54, 1.807) is 22.4 Å². The molecule has 35 heavy (non-hydrogen) atoms. The highest BCUT2D eigenvalue weighted by Crippen LogP contribution is 2.34. The predicted octanol–water partition coefficient (Wildman–Crippen LogP) is 5.17. The van der Waals surface area contributed by atoms with Crippen LogP contribution in [0.5, 0.6) is 0 Å². The van der Waals surface area contributed by atoms with E-state index in [0.717, 1.165) is 45.8 Å². The fourth-order valence-electron chi connectivity index (χ4n) is 4.56. The molecule has 0 N–H and O–H groups in total. The van der Waals surface area contributed by atoms with Gasteiger partial charge < -0.3 is 4.90 Å². The summed E-state index contributed by atoms with van der Waals surface area (Å²) in [5, 5.41) is 7.34. The SMILES string of the molecule is CC(C)n1ncc2c(C(=O)N3CCCN(C)c4nc5ccccc5nc43)cc(-c3cccs3)nc21. The van der Waals surface area contributed by atoms with Gasteiger partial charge in [-0.1, -0.05) is 18.2 Å². The number of pyridine rings is 1. The minimum absolute atomic E-state index is 0.111. The molecule has 0 saturated carbocycles. The van der Waals surface area contributed by atoms with E-state index in [1.807, 2.05) is 59.6 Å². The first-order valence-corrected chi connectivity index (χ1v) is 12.6. The van der Waals surface area contributed by atoms with Gasteiger partial charge in [-0.05, 0) is 49.9 Å². The van der Waals surface area contributed by atoms with Gasteiger partial charge in [0.25, 0.3) is 5.91 Å². The van der Waals surface area contributed by atoms with Crippen LogP contribution >= 0.6 is 11.3 Å². The summed E-state index contributed by atoms with van der Waals surface area (Å²) in [6, 6.07) is 13.8. The van der Waals surface area contributed by atoms with Gasteiger partial charge in [-0.2, -0.15) is 5.10 Å². The number of thiophene rings is 1. The summed E-state index contributed by atoms with van der Waals surface area (Å²) >= 11 is 1.60. The van der Waals surface area contributed by atoms with Gasteiger partial charge in [-0.25, -0.2) is 19.6 Å². The molecule has 0 radical (unpaired) electrons. The maximum absolute atomic E-state index is 14.3. The van der Waals surface area contributed by atoms with Crippen LogP contribution in [0.4, 0.5) is 11.6 Å². The Morgan fingerprint density at radius 3 is 2.49 bits per heavy atom. The van der Waals surface area contributed by atoms with Gasteiger partial charge in [0, 0.05) is 26.2 Å². The normalized spacial score (nSPS) is 14.1. The maximum Gasteiger partial charge on any atom is 0.260 e. The van der Waals surface area contributed by atoms with Crippen LogP contribution in [0.15, 0.2) is 54.0 Å². The second kappa shape index (κ2) is 8.42. The number of hydrogen-bond acceptors (Lipinski definition) is 7. The molecule has 1 amide bonds. The molecular formula is C26H25N7OS. The molecule has 0 spiro atoms. The molecule has 5 heterocycles. The van der Waals surface area contributed by atoms with Crippen LogP contribution in [0.1, 0.15) is 36.7 Å². The number of hydrogen-bond donors (Lipinski definition) is 0. The summed E-state index contributed by atoms with van der Waals surface area (Å²) in [6.07, 6.45) is 2.57. The van der Waals surface area contributed by atoms with Crippen LogP contribution in [-0.2, 0) is 0 Å². The van der Waals surface area contributed by atoms with E-state index in [2.05, 4.69) is 23.8 Å². The Bertz CT molecular complexity index is 1560. The summed E-state index contributed by atoms with van der Waals surface area (Å²) in [4.78, 5) is 33.8. The highest BCUT2D eigenvalue weighted by atomic mass is 32.1. The minimum Gasteiger partial charge on any atom is -0.357 e. The third-order valence-corrected chi connectivity index (χ3v) is 7.22. The molecule has 176 valence electrons. The Labute approximate surface area is 206 Å². The average molecular weight is 484 g/mol. The lowest BCUT2D eigenvalue weighted by atomic mass is 10.1. The fourth-order valence-corrected chi connectivity index (χ4v) is 5.25. The van der Waals surface area contributed by atoms with E-state index >= 15 is 0 Å². The van der Waals surface area contributed by atoms with E-state index < -0.39 is 0 Å². The largest absolute Gasteiger partial charge is 0.357 e. The molecule has 0 bridgehead atoms. The molecular weight excluding hydrogens is 458 g/mol. The van der Waals surface area contributed by atoms with Gasteiger partial charge >= 0.3 is 0 Å². The molecule has 0 aliphatic carbocycles. The third-order valence-electron chi connectivity index (χ3n) is 6.33. The lowest BCUT2D eigenvalue weighted by Gasteiger charge is -2.23. The molecule has 5 aromatic rings. The molecule has 0 saturated heterocycles. The first kappa shape index (κ1) is 21.7. The maximum atomic E-state index is 14.3. The molecule has 1 aliphatic rings. The van der Waals surface area contributed by atoms with E-state index in [1.165, 1.54) is 0 Å².